The molecule has 0 radical (unpaired) electrons. The Bertz CT molecular complexity index is 966. The number of hydrogen-bond acceptors (Lipinski definition) is 8. The average molecular weight is 426 g/mol. The van der Waals surface area contributed by atoms with Gasteiger partial charge >= 0.3 is 17.9 Å². The average Bonchev–Trinajstić information content (AvgIpc) is 3.32. The SMILES string of the molecule is CC(=O)Oc1ccc(C(=O)O[C@H]2COC3C2OC[C@@H]3OC(=O)c2ccc(C)cc2)cc1. The first-order chi connectivity index (χ1) is 14.9. The van der Waals surface area contributed by atoms with E-state index in [1.54, 1.807) is 12.1 Å². The van der Waals surface area contributed by atoms with Crippen LogP contribution in [0.1, 0.15) is 33.2 Å². The van der Waals surface area contributed by atoms with Crippen LogP contribution in [0.5, 0.6) is 5.75 Å². The lowest BCUT2D eigenvalue weighted by atomic mass is 10.1. The normalized spacial score (nSPS) is 24.3. The molecule has 31 heavy (non-hydrogen) atoms. The fourth-order valence-electron chi connectivity index (χ4n) is 3.56. The number of hydrogen-bond donors (Lipinski definition) is 0. The van der Waals surface area contributed by atoms with Crippen molar-refractivity contribution in [1.29, 1.82) is 0 Å². The fourth-order valence-corrected chi connectivity index (χ4v) is 3.56. The maximum Gasteiger partial charge on any atom is 0.338 e. The summed E-state index contributed by atoms with van der Waals surface area (Å²) in [4.78, 5) is 35.8. The Hall–Kier alpha value is -3.23. The Balaban J connectivity index is 1.33. The maximum atomic E-state index is 12.5. The molecule has 2 aromatic carbocycles. The molecule has 4 atom stereocenters. The van der Waals surface area contributed by atoms with Crippen LogP contribution in [0.15, 0.2) is 48.5 Å². The molecule has 4 rings (SSSR count). The first kappa shape index (κ1) is 21.0. The van der Waals surface area contributed by atoms with Gasteiger partial charge in [-0.2, -0.15) is 0 Å². The number of rotatable bonds is 5. The highest BCUT2D eigenvalue weighted by molar-refractivity contribution is 5.90. The van der Waals surface area contributed by atoms with E-state index in [2.05, 4.69) is 0 Å². The summed E-state index contributed by atoms with van der Waals surface area (Å²) in [5.41, 5.74) is 1.80. The van der Waals surface area contributed by atoms with Gasteiger partial charge in [0.05, 0.1) is 24.3 Å². The van der Waals surface area contributed by atoms with Crippen molar-refractivity contribution in [2.24, 2.45) is 0 Å². The summed E-state index contributed by atoms with van der Waals surface area (Å²) in [5.74, 6) is -1.11. The molecule has 162 valence electrons. The van der Waals surface area contributed by atoms with Gasteiger partial charge in [-0.1, -0.05) is 17.7 Å². The quantitative estimate of drug-likeness (QED) is 0.531. The molecule has 2 heterocycles. The first-order valence-electron chi connectivity index (χ1n) is 9.91. The third-order valence-electron chi connectivity index (χ3n) is 5.12. The molecule has 0 bridgehead atoms. The van der Waals surface area contributed by atoms with Crippen LogP contribution in [-0.2, 0) is 23.7 Å². The van der Waals surface area contributed by atoms with Crippen molar-refractivity contribution in [3.8, 4) is 5.75 Å². The number of esters is 3. The van der Waals surface area contributed by atoms with Crippen molar-refractivity contribution in [2.45, 2.75) is 38.3 Å². The number of aryl methyl sites for hydroxylation is 1. The molecular weight excluding hydrogens is 404 g/mol. The zero-order chi connectivity index (χ0) is 22.0. The van der Waals surface area contributed by atoms with Crippen LogP contribution in [0.4, 0.5) is 0 Å². The molecule has 2 unspecified atom stereocenters. The van der Waals surface area contributed by atoms with Crippen molar-refractivity contribution < 1.29 is 38.1 Å². The topological polar surface area (TPSA) is 97.4 Å². The van der Waals surface area contributed by atoms with Gasteiger partial charge in [0.2, 0.25) is 0 Å². The van der Waals surface area contributed by atoms with Crippen molar-refractivity contribution in [2.75, 3.05) is 13.2 Å². The Labute approximate surface area is 179 Å². The van der Waals surface area contributed by atoms with Crippen molar-refractivity contribution in [1.82, 2.24) is 0 Å². The maximum absolute atomic E-state index is 12.5. The minimum absolute atomic E-state index is 0.144. The largest absolute Gasteiger partial charge is 0.453 e. The van der Waals surface area contributed by atoms with E-state index in [4.69, 9.17) is 23.7 Å². The molecule has 0 spiro atoms. The third kappa shape index (κ3) is 4.76. The number of carbonyl (C=O) groups excluding carboxylic acids is 3. The lowest BCUT2D eigenvalue weighted by Crippen LogP contribution is -2.36. The molecule has 2 aromatic rings. The predicted molar refractivity (Wildman–Crippen MR) is 107 cm³/mol. The van der Waals surface area contributed by atoms with Crippen molar-refractivity contribution in [3.63, 3.8) is 0 Å². The number of ether oxygens (including phenoxy) is 5. The van der Waals surface area contributed by atoms with Crippen molar-refractivity contribution in [3.05, 3.63) is 65.2 Å². The molecule has 0 aromatic heterocycles. The van der Waals surface area contributed by atoms with Crippen LogP contribution >= 0.6 is 0 Å². The number of carbonyl (C=O) groups is 3. The Morgan fingerprint density at radius 3 is 1.68 bits per heavy atom. The molecule has 0 amide bonds. The molecule has 2 fully saturated rings. The molecular formula is C23H22O8. The van der Waals surface area contributed by atoms with Crippen LogP contribution in [0.3, 0.4) is 0 Å². The molecule has 8 heteroatoms. The van der Waals surface area contributed by atoms with E-state index >= 15 is 0 Å². The lowest BCUT2D eigenvalue weighted by Gasteiger charge is -2.17. The Morgan fingerprint density at radius 2 is 1.23 bits per heavy atom. The van der Waals surface area contributed by atoms with Crippen LogP contribution in [-0.4, -0.2) is 55.5 Å². The molecule has 2 saturated heterocycles. The second kappa shape index (κ2) is 8.87. The van der Waals surface area contributed by atoms with Crippen LogP contribution in [0.25, 0.3) is 0 Å². The van der Waals surface area contributed by atoms with E-state index in [0.717, 1.165) is 5.56 Å². The van der Waals surface area contributed by atoms with Gasteiger partial charge in [-0.3, -0.25) is 4.79 Å². The molecule has 2 aliphatic rings. The van der Waals surface area contributed by atoms with Gasteiger partial charge in [-0.05, 0) is 43.3 Å². The summed E-state index contributed by atoms with van der Waals surface area (Å²) in [5, 5.41) is 0. The number of fused-ring (bicyclic) bond motifs is 1. The van der Waals surface area contributed by atoms with Crippen LogP contribution in [0, 0.1) is 6.92 Å². The zero-order valence-electron chi connectivity index (χ0n) is 17.1. The Kier molecular flexibility index (Phi) is 6.01. The second-order valence-electron chi connectivity index (χ2n) is 7.47. The van der Waals surface area contributed by atoms with Gasteiger partial charge in [0, 0.05) is 6.92 Å². The second-order valence-corrected chi connectivity index (χ2v) is 7.47. The fraction of sp³-hybridized carbons (Fsp3) is 0.348. The van der Waals surface area contributed by atoms with E-state index in [-0.39, 0.29) is 13.2 Å². The van der Waals surface area contributed by atoms with Gasteiger partial charge in [0.15, 0.2) is 12.2 Å². The summed E-state index contributed by atoms with van der Waals surface area (Å²) in [6, 6.07) is 13.1. The summed E-state index contributed by atoms with van der Waals surface area (Å²) in [7, 11) is 0. The molecule has 0 aliphatic carbocycles. The minimum Gasteiger partial charge on any atom is -0.453 e. The van der Waals surface area contributed by atoms with Gasteiger partial charge in [0.1, 0.15) is 18.0 Å². The van der Waals surface area contributed by atoms with Gasteiger partial charge < -0.3 is 23.7 Å². The van der Waals surface area contributed by atoms with Crippen LogP contribution < -0.4 is 4.74 Å². The smallest absolute Gasteiger partial charge is 0.338 e. The highest BCUT2D eigenvalue weighted by Crippen LogP contribution is 2.31. The monoisotopic (exact) mass is 426 g/mol. The molecule has 8 nitrogen and oxygen atoms in total. The van der Waals surface area contributed by atoms with Gasteiger partial charge in [0.25, 0.3) is 0 Å². The van der Waals surface area contributed by atoms with Crippen LogP contribution in [0.2, 0.25) is 0 Å². The van der Waals surface area contributed by atoms with Crippen molar-refractivity contribution >= 4 is 17.9 Å². The summed E-state index contributed by atoms with van der Waals surface area (Å²) in [6.45, 7) is 3.54. The van der Waals surface area contributed by atoms with Gasteiger partial charge in [-0.25, -0.2) is 9.59 Å². The van der Waals surface area contributed by atoms with E-state index < -0.39 is 42.3 Å². The summed E-state index contributed by atoms with van der Waals surface area (Å²) in [6.07, 6.45) is -2.21. The third-order valence-corrected chi connectivity index (χ3v) is 5.12. The minimum atomic E-state index is -0.617. The predicted octanol–water partition coefficient (Wildman–Crippen LogP) is 2.47. The van der Waals surface area contributed by atoms with E-state index in [1.165, 1.54) is 31.2 Å². The first-order valence-corrected chi connectivity index (χ1v) is 9.91. The summed E-state index contributed by atoms with van der Waals surface area (Å²) >= 11 is 0. The molecule has 0 saturated carbocycles. The molecule has 2 aliphatic heterocycles. The molecule has 0 N–H and O–H groups in total. The van der Waals surface area contributed by atoms with Gasteiger partial charge in [-0.15, -0.1) is 0 Å². The van der Waals surface area contributed by atoms with E-state index in [1.807, 2.05) is 19.1 Å². The zero-order valence-corrected chi connectivity index (χ0v) is 17.1. The highest BCUT2D eigenvalue weighted by Gasteiger charge is 2.51. The summed E-state index contributed by atoms with van der Waals surface area (Å²) < 4.78 is 27.5. The highest BCUT2D eigenvalue weighted by atomic mass is 16.7. The van der Waals surface area contributed by atoms with E-state index in [0.29, 0.717) is 16.9 Å². The lowest BCUT2D eigenvalue weighted by molar-refractivity contribution is -0.131. The van der Waals surface area contributed by atoms with E-state index in [9.17, 15) is 14.4 Å². The Morgan fingerprint density at radius 1 is 0.774 bits per heavy atom. The number of benzene rings is 2. The standard InChI is InChI=1S/C23H22O8/c1-13-3-5-15(6-4-13)22(25)30-18-11-27-21-19(12-28-20(18)21)31-23(26)16-7-9-17(10-8-16)29-14(2)24/h3-10,18-21H,11-12H2,1-2H3/t18-,19-,20?,21?/m0/s1.